The van der Waals surface area contributed by atoms with Crippen LogP contribution in [0.5, 0.6) is 17.2 Å². The van der Waals surface area contributed by atoms with Crippen LogP contribution in [0.4, 0.5) is 17.5 Å². The average Bonchev–Trinajstić information content (AvgIpc) is 2.93. The lowest BCUT2D eigenvalue weighted by Crippen LogP contribution is -2.05. The van der Waals surface area contributed by atoms with Crippen molar-refractivity contribution in [2.24, 2.45) is 0 Å². The van der Waals surface area contributed by atoms with E-state index < -0.39 is 16.0 Å². The van der Waals surface area contributed by atoms with Gasteiger partial charge in [0.15, 0.2) is 22.6 Å². The number of nitrogens with two attached hydrogens (primary N) is 2. The number of hydrogen-bond acceptors (Lipinski definition) is 10. The van der Waals surface area contributed by atoms with Crippen LogP contribution in [0, 0.1) is 10.1 Å². The van der Waals surface area contributed by atoms with Gasteiger partial charge in [-0.25, -0.2) is 9.19 Å². The van der Waals surface area contributed by atoms with Gasteiger partial charge >= 0.3 is 0 Å². The molecule has 0 spiro atoms. The average molecular weight is 552 g/mol. The van der Waals surface area contributed by atoms with Crippen molar-refractivity contribution in [3.05, 3.63) is 87.6 Å². The Bertz CT molecular complexity index is 1520. The van der Waals surface area contributed by atoms with Crippen LogP contribution in [0.2, 0.25) is 0 Å². The molecule has 4 rings (SSSR count). The zero-order valence-corrected chi connectivity index (χ0v) is 21.8. The molecule has 1 aromatic heterocycles. The maximum atomic E-state index is 11.7. The summed E-state index contributed by atoms with van der Waals surface area (Å²) in [5.41, 5.74) is 14.8. The number of nitrogen functional groups attached to an aromatic ring is 2. The highest BCUT2D eigenvalue weighted by atomic mass is 32.2. The van der Waals surface area contributed by atoms with Crippen LogP contribution in [0.25, 0.3) is 11.1 Å². The van der Waals surface area contributed by atoms with Crippen LogP contribution in [-0.4, -0.2) is 37.9 Å². The molecule has 0 fully saturated rings. The fraction of sp³-hybridized carbons (Fsp3) is 0.154. The maximum Gasteiger partial charge on any atom is 0.269 e. The zero-order valence-electron chi connectivity index (χ0n) is 21.0. The van der Waals surface area contributed by atoms with Crippen molar-refractivity contribution in [1.82, 2.24) is 9.97 Å². The van der Waals surface area contributed by atoms with Gasteiger partial charge in [0, 0.05) is 30.3 Å². The van der Waals surface area contributed by atoms with E-state index in [4.69, 9.17) is 25.7 Å². The first-order valence-corrected chi connectivity index (χ1v) is 12.5. The Morgan fingerprint density at radius 2 is 1.67 bits per heavy atom. The first-order valence-electron chi connectivity index (χ1n) is 11.4. The third kappa shape index (κ3) is 6.22. The van der Waals surface area contributed by atoms with Gasteiger partial charge in [-0.15, -0.1) is 0 Å². The monoisotopic (exact) mass is 551 g/mol. The summed E-state index contributed by atoms with van der Waals surface area (Å²) >= 11 is -2.22. The van der Waals surface area contributed by atoms with E-state index in [1.165, 1.54) is 32.4 Å². The van der Waals surface area contributed by atoms with E-state index in [0.717, 1.165) is 5.56 Å². The van der Waals surface area contributed by atoms with Crippen molar-refractivity contribution < 1.29 is 27.9 Å². The molecule has 0 saturated carbocycles. The number of hydrogen-bond donors (Lipinski definition) is 3. The summed E-state index contributed by atoms with van der Waals surface area (Å²) in [6.07, 6.45) is 1.95. The maximum absolute atomic E-state index is 11.7. The lowest BCUT2D eigenvalue weighted by Gasteiger charge is -2.18. The van der Waals surface area contributed by atoms with Gasteiger partial charge in [-0.3, -0.25) is 10.1 Å². The summed E-state index contributed by atoms with van der Waals surface area (Å²) in [5.74, 6) is 1.51. The molecule has 5 N–H and O–H groups in total. The second-order valence-corrected chi connectivity index (χ2v) is 9.28. The quantitative estimate of drug-likeness (QED) is 0.147. The molecule has 0 amide bonds. The van der Waals surface area contributed by atoms with Gasteiger partial charge in [0.05, 0.1) is 24.0 Å². The smallest absolute Gasteiger partial charge is 0.269 e. The molecule has 0 saturated heterocycles. The van der Waals surface area contributed by atoms with E-state index in [2.05, 4.69) is 9.97 Å². The van der Waals surface area contributed by atoms with Crippen molar-refractivity contribution >= 4 is 28.5 Å². The predicted molar refractivity (Wildman–Crippen MR) is 145 cm³/mol. The van der Waals surface area contributed by atoms with E-state index >= 15 is 0 Å². The molecule has 1 unspecified atom stereocenters. The molecule has 3 aromatic carbocycles. The summed E-state index contributed by atoms with van der Waals surface area (Å²) in [7, 11) is 3.00. The van der Waals surface area contributed by atoms with Crippen molar-refractivity contribution in [2.45, 2.75) is 17.9 Å². The second-order valence-electron chi connectivity index (χ2n) is 8.31. The number of benzene rings is 3. The van der Waals surface area contributed by atoms with Crippen molar-refractivity contribution in [3.63, 3.8) is 0 Å². The summed E-state index contributed by atoms with van der Waals surface area (Å²) in [6.45, 7) is 0.0372. The van der Waals surface area contributed by atoms with Gasteiger partial charge in [-0.1, -0.05) is 6.07 Å². The normalized spacial score (nSPS) is 11.6. The fourth-order valence-corrected chi connectivity index (χ4v) is 4.34. The first-order chi connectivity index (χ1) is 18.7. The van der Waals surface area contributed by atoms with Crippen LogP contribution >= 0.6 is 0 Å². The Hall–Kier alpha value is -4.75. The number of anilines is 2. The number of nitro benzene ring substituents is 1. The molecule has 0 aliphatic rings. The van der Waals surface area contributed by atoms with Gasteiger partial charge in [0.25, 0.3) is 5.69 Å². The van der Waals surface area contributed by atoms with E-state index in [9.17, 15) is 18.9 Å². The molecule has 0 bridgehead atoms. The van der Waals surface area contributed by atoms with Crippen LogP contribution in [0.15, 0.2) is 65.7 Å². The lowest BCUT2D eigenvalue weighted by atomic mass is 10.00. The minimum absolute atomic E-state index is 0.0372. The molecule has 0 aliphatic heterocycles. The van der Waals surface area contributed by atoms with Crippen molar-refractivity contribution in [1.29, 1.82) is 0 Å². The number of methoxy groups -OCH3 is 2. The SMILES string of the molecule is COc1cc(Cc2cnc(N)nc2N)cc(OC)c1OCc1ccc(S(=O)O)cc1-c1ccc([N+](=O)[O-])cc1. The van der Waals surface area contributed by atoms with Crippen LogP contribution < -0.4 is 25.7 Å². The Kier molecular flexibility index (Phi) is 8.22. The van der Waals surface area contributed by atoms with Gasteiger partial charge < -0.3 is 30.2 Å². The van der Waals surface area contributed by atoms with Gasteiger partial charge in [0.1, 0.15) is 12.4 Å². The third-order valence-corrected chi connectivity index (χ3v) is 6.53. The first kappa shape index (κ1) is 27.3. The lowest BCUT2D eigenvalue weighted by molar-refractivity contribution is -0.384. The summed E-state index contributed by atoms with van der Waals surface area (Å²) < 4.78 is 38.6. The largest absolute Gasteiger partial charge is 0.493 e. The molecule has 0 radical (unpaired) electrons. The Morgan fingerprint density at radius 1 is 1.00 bits per heavy atom. The third-order valence-electron chi connectivity index (χ3n) is 5.88. The second kappa shape index (κ2) is 11.8. The number of non-ortho nitro benzene ring substituents is 1. The Morgan fingerprint density at radius 3 is 2.23 bits per heavy atom. The van der Waals surface area contributed by atoms with Gasteiger partial charge in [-0.05, 0) is 58.7 Å². The number of ether oxygens (including phenoxy) is 3. The molecular formula is C26H25N5O7S. The molecule has 13 heteroatoms. The van der Waals surface area contributed by atoms with Gasteiger partial charge in [0.2, 0.25) is 11.7 Å². The summed E-state index contributed by atoms with van der Waals surface area (Å²) in [5, 5.41) is 11.1. The molecule has 39 heavy (non-hydrogen) atoms. The van der Waals surface area contributed by atoms with E-state index in [0.29, 0.717) is 45.9 Å². The van der Waals surface area contributed by atoms with Crippen LogP contribution in [-0.2, 0) is 24.1 Å². The molecule has 202 valence electrons. The molecular weight excluding hydrogens is 526 g/mol. The van der Waals surface area contributed by atoms with E-state index in [-0.39, 0.29) is 29.0 Å². The number of aromatic nitrogens is 2. The van der Waals surface area contributed by atoms with Crippen molar-refractivity contribution in [2.75, 3.05) is 25.7 Å². The molecule has 0 aliphatic carbocycles. The highest BCUT2D eigenvalue weighted by Gasteiger charge is 2.18. The Labute approximate surface area is 226 Å². The topological polar surface area (TPSA) is 186 Å². The minimum Gasteiger partial charge on any atom is -0.493 e. The fourth-order valence-electron chi connectivity index (χ4n) is 3.94. The molecule has 4 aromatic rings. The zero-order chi connectivity index (χ0) is 28.1. The highest BCUT2D eigenvalue weighted by molar-refractivity contribution is 7.79. The van der Waals surface area contributed by atoms with E-state index in [1.807, 2.05) is 0 Å². The standard InChI is InChI=1S/C26H25N5O7S/c1-36-22-10-15(9-18-13-29-26(28)30-25(18)27)11-23(37-2)24(22)38-14-17-5-8-20(39(34)35)12-21(17)16-3-6-19(7-4-16)31(32)33/h3-8,10-13H,9,14H2,1-2H3,(H,34,35)(H4,27,28,29,30). The minimum atomic E-state index is -2.22. The molecule has 1 atom stereocenters. The van der Waals surface area contributed by atoms with Crippen LogP contribution in [0.3, 0.4) is 0 Å². The summed E-state index contributed by atoms with van der Waals surface area (Å²) in [6, 6.07) is 14.2. The Balaban J connectivity index is 1.66. The highest BCUT2D eigenvalue weighted by Crippen LogP contribution is 2.40. The van der Waals surface area contributed by atoms with Crippen molar-refractivity contribution in [3.8, 4) is 28.4 Å². The van der Waals surface area contributed by atoms with E-state index in [1.54, 1.807) is 42.6 Å². The number of nitrogens with zero attached hydrogens (tertiary/aromatic N) is 3. The predicted octanol–water partition coefficient (Wildman–Crippen LogP) is 3.98. The summed E-state index contributed by atoms with van der Waals surface area (Å²) in [4.78, 5) is 18.7. The molecule has 1 heterocycles. The number of rotatable bonds is 10. The van der Waals surface area contributed by atoms with Crippen LogP contribution in [0.1, 0.15) is 16.7 Å². The molecule has 12 nitrogen and oxygen atoms in total. The number of nitro groups is 1. The van der Waals surface area contributed by atoms with Gasteiger partial charge in [-0.2, -0.15) is 4.98 Å².